The number of hydrogen-bond donors (Lipinski definition) is 4. The second kappa shape index (κ2) is 7.82. The van der Waals surface area contributed by atoms with Gasteiger partial charge in [0.15, 0.2) is 0 Å². The van der Waals surface area contributed by atoms with E-state index in [0.717, 1.165) is 0 Å². The van der Waals surface area contributed by atoms with Gasteiger partial charge in [-0.1, -0.05) is 0 Å². The molecule has 8 heteroatoms. The Bertz CT molecular complexity index is 391. The van der Waals surface area contributed by atoms with E-state index in [0.29, 0.717) is 25.9 Å². The molecule has 0 saturated carbocycles. The third-order valence-corrected chi connectivity index (χ3v) is 3.78. The fourth-order valence-corrected chi connectivity index (χ4v) is 2.37. The summed E-state index contributed by atoms with van der Waals surface area (Å²) in [4.78, 5) is 35.3. The van der Waals surface area contributed by atoms with Crippen LogP contribution in [0.3, 0.4) is 0 Å². The predicted octanol–water partition coefficient (Wildman–Crippen LogP) is -0.492. The van der Waals surface area contributed by atoms with Gasteiger partial charge in [-0.25, -0.2) is 9.59 Å². The van der Waals surface area contributed by atoms with E-state index >= 15 is 0 Å². The highest BCUT2D eigenvalue weighted by Crippen LogP contribution is 2.20. The SMILES string of the molecule is CC(O)C1CCN(C(=O)N[C@@H](CCC(N)=O)C(=O)O)CC1. The van der Waals surface area contributed by atoms with Crippen molar-refractivity contribution in [3.63, 3.8) is 0 Å². The van der Waals surface area contributed by atoms with Crippen molar-refractivity contribution < 1.29 is 24.6 Å². The van der Waals surface area contributed by atoms with E-state index in [2.05, 4.69) is 5.32 Å². The molecule has 2 atom stereocenters. The van der Waals surface area contributed by atoms with Gasteiger partial charge in [-0.15, -0.1) is 0 Å². The van der Waals surface area contributed by atoms with Crippen LogP contribution in [0.4, 0.5) is 4.79 Å². The quantitative estimate of drug-likeness (QED) is 0.525. The molecular weight excluding hydrogens is 278 g/mol. The van der Waals surface area contributed by atoms with Crippen molar-refractivity contribution in [1.29, 1.82) is 0 Å². The van der Waals surface area contributed by atoms with Gasteiger partial charge >= 0.3 is 12.0 Å². The van der Waals surface area contributed by atoms with Gasteiger partial charge in [-0.3, -0.25) is 4.79 Å². The summed E-state index contributed by atoms with van der Waals surface area (Å²) in [5.41, 5.74) is 4.98. The summed E-state index contributed by atoms with van der Waals surface area (Å²) in [5.74, 6) is -1.63. The van der Waals surface area contributed by atoms with Crippen LogP contribution in [-0.2, 0) is 9.59 Å². The molecule has 0 spiro atoms. The fourth-order valence-electron chi connectivity index (χ4n) is 2.37. The second-order valence-electron chi connectivity index (χ2n) is 5.41. The number of nitrogens with two attached hydrogens (primary N) is 1. The lowest BCUT2D eigenvalue weighted by Gasteiger charge is -2.33. The largest absolute Gasteiger partial charge is 0.480 e. The molecule has 0 radical (unpaired) electrons. The number of likely N-dealkylation sites (tertiary alicyclic amines) is 1. The van der Waals surface area contributed by atoms with Crippen LogP contribution in [0.2, 0.25) is 0 Å². The third kappa shape index (κ3) is 5.58. The molecule has 0 aromatic carbocycles. The second-order valence-corrected chi connectivity index (χ2v) is 5.41. The van der Waals surface area contributed by atoms with Gasteiger partial charge in [-0.2, -0.15) is 0 Å². The number of carbonyl (C=O) groups excluding carboxylic acids is 2. The number of amides is 3. The first-order chi connectivity index (χ1) is 9.81. The first-order valence-electron chi connectivity index (χ1n) is 7.06. The molecule has 0 aromatic rings. The summed E-state index contributed by atoms with van der Waals surface area (Å²) in [5, 5.41) is 20.9. The van der Waals surface area contributed by atoms with Gasteiger partial charge in [0.2, 0.25) is 5.91 Å². The van der Waals surface area contributed by atoms with Crippen molar-refractivity contribution in [3.8, 4) is 0 Å². The van der Waals surface area contributed by atoms with E-state index in [-0.39, 0.29) is 18.8 Å². The maximum atomic E-state index is 12.0. The molecule has 8 nitrogen and oxygen atoms in total. The highest BCUT2D eigenvalue weighted by atomic mass is 16.4. The lowest BCUT2D eigenvalue weighted by Crippen LogP contribution is -2.51. The number of primary amides is 1. The molecule has 1 aliphatic heterocycles. The van der Waals surface area contributed by atoms with Crippen molar-refractivity contribution in [2.75, 3.05) is 13.1 Å². The lowest BCUT2D eigenvalue weighted by atomic mass is 9.92. The van der Waals surface area contributed by atoms with E-state index in [1.165, 1.54) is 4.90 Å². The number of nitrogens with one attached hydrogen (secondary N) is 1. The summed E-state index contributed by atoms with van der Waals surface area (Å²) in [7, 11) is 0. The highest BCUT2D eigenvalue weighted by Gasteiger charge is 2.28. The molecule has 0 aliphatic carbocycles. The fraction of sp³-hybridized carbons (Fsp3) is 0.769. The smallest absolute Gasteiger partial charge is 0.326 e. The van der Waals surface area contributed by atoms with Crippen LogP contribution in [0.15, 0.2) is 0 Å². The number of carboxylic acid groups (broad SMARTS) is 1. The van der Waals surface area contributed by atoms with Crippen LogP contribution in [0.5, 0.6) is 0 Å². The van der Waals surface area contributed by atoms with E-state index < -0.39 is 30.1 Å². The van der Waals surface area contributed by atoms with Gasteiger partial charge in [0, 0.05) is 19.5 Å². The minimum Gasteiger partial charge on any atom is -0.480 e. The number of piperidine rings is 1. The number of carboxylic acids is 1. The Morgan fingerprint density at radius 2 is 1.90 bits per heavy atom. The van der Waals surface area contributed by atoms with Crippen LogP contribution in [0.25, 0.3) is 0 Å². The van der Waals surface area contributed by atoms with Crippen LogP contribution < -0.4 is 11.1 Å². The Morgan fingerprint density at radius 3 is 2.33 bits per heavy atom. The van der Waals surface area contributed by atoms with E-state index in [1.807, 2.05) is 0 Å². The number of aliphatic hydroxyl groups is 1. The van der Waals surface area contributed by atoms with Crippen molar-refractivity contribution in [2.45, 2.75) is 44.8 Å². The maximum Gasteiger partial charge on any atom is 0.326 e. The molecule has 120 valence electrons. The maximum absolute atomic E-state index is 12.0. The highest BCUT2D eigenvalue weighted by molar-refractivity contribution is 5.83. The van der Waals surface area contributed by atoms with Crippen molar-refractivity contribution in [1.82, 2.24) is 10.2 Å². The number of carbonyl (C=O) groups is 3. The molecule has 0 aromatic heterocycles. The summed E-state index contributed by atoms with van der Waals surface area (Å²) >= 11 is 0. The zero-order valence-corrected chi connectivity index (χ0v) is 12.1. The molecular formula is C13H23N3O5. The standard InChI is InChI=1S/C13H23N3O5/c1-8(17)9-4-6-16(7-5-9)13(21)15-10(12(19)20)2-3-11(14)18/h8-10,17H,2-7H2,1H3,(H2,14,18)(H,15,21)(H,19,20)/t8?,10-/m0/s1. The topological polar surface area (TPSA) is 133 Å². The number of urea groups is 1. The normalized spacial score (nSPS) is 18.9. The van der Waals surface area contributed by atoms with Crippen LogP contribution in [-0.4, -0.2) is 58.3 Å². The Morgan fingerprint density at radius 1 is 1.33 bits per heavy atom. The molecule has 1 fully saturated rings. The average molecular weight is 301 g/mol. The van der Waals surface area contributed by atoms with Gasteiger partial charge in [0.25, 0.3) is 0 Å². The summed E-state index contributed by atoms with van der Waals surface area (Å²) in [6.07, 6.45) is 0.841. The van der Waals surface area contributed by atoms with Crippen molar-refractivity contribution in [3.05, 3.63) is 0 Å². The molecule has 1 saturated heterocycles. The zero-order chi connectivity index (χ0) is 16.0. The minimum atomic E-state index is -1.19. The molecule has 1 aliphatic rings. The summed E-state index contributed by atoms with van der Waals surface area (Å²) in [6.45, 7) is 2.68. The minimum absolute atomic E-state index is 0.0272. The number of nitrogens with zero attached hydrogens (tertiary/aromatic N) is 1. The predicted molar refractivity (Wildman–Crippen MR) is 74.4 cm³/mol. The molecule has 1 unspecified atom stereocenters. The average Bonchev–Trinajstić information content (AvgIpc) is 2.42. The molecule has 3 amide bonds. The Labute approximate surface area is 123 Å². The monoisotopic (exact) mass is 301 g/mol. The first-order valence-corrected chi connectivity index (χ1v) is 7.06. The molecule has 1 heterocycles. The Balaban J connectivity index is 2.47. The molecule has 21 heavy (non-hydrogen) atoms. The van der Waals surface area contributed by atoms with E-state index in [1.54, 1.807) is 6.92 Å². The van der Waals surface area contributed by atoms with E-state index in [4.69, 9.17) is 10.8 Å². The zero-order valence-electron chi connectivity index (χ0n) is 12.1. The summed E-state index contributed by atoms with van der Waals surface area (Å²) < 4.78 is 0. The van der Waals surface area contributed by atoms with Gasteiger partial charge in [0.1, 0.15) is 6.04 Å². The van der Waals surface area contributed by atoms with Crippen molar-refractivity contribution >= 4 is 17.9 Å². The first kappa shape index (κ1) is 17.2. The van der Waals surface area contributed by atoms with Crippen LogP contribution >= 0.6 is 0 Å². The number of hydrogen-bond acceptors (Lipinski definition) is 4. The number of rotatable bonds is 6. The van der Waals surface area contributed by atoms with Crippen molar-refractivity contribution in [2.24, 2.45) is 11.7 Å². The molecule has 1 rings (SSSR count). The van der Waals surface area contributed by atoms with Crippen LogP contribution in [0, 0.1) is 5.92 Å². The number of aliphatic carboxylic acids is 1. The lowest BCUT2D eigenvalue weighted by molar-refractivity contribution is -0.139. The Hall–Kier alpha value is -1.83. The van der Waals surface area contributed by atoms with Gasteiger partial charge in [-0.05, 0) is 32.1 Å². The number of aliphatic hydroxyl groups excluding tert-OH is 1. The van der Waals surface area contributed by atoms with Crippen LogP contribution in [0.1, 0.15) is 32.6 Å². The van der Waals surface area contributed by atoms with Gasteiger partial charge < -0.3 is 26.2 Å². The molecule has 0 bridgehead atoms. The van der Waals surface area contributed by atoms with E-state index in [9.17, 15) is 19.5 Å². The molecule has 5 N–H and O–H groups in total. The summed E-state index contributed by atoms with van der Waals surface area (Å²) in [6, 6.07) is -1.59. The third-order valence-electron chi connectivity index (χ3n) is 3.78. The van der Waals surface area contributed by atoms with Gasteiger partial charge in [0.05, 0.1) is 6.10 Å². The Kier molecular flexibility index (Phi) is 6.41.